The van der Waals surface area contributed by atoms with Crippen LogP contribution in [-0.4, -0.2) is 36.1 Å². The standard InChI is InChI=1S/C21H26N4O2/c1-27-19-8-4-3-7-18(19)23-20(26)15-9-10-17-16(13-15)14-22-21(24-17)25-11-5-2-6-12-25/h3-4,7-8,14-15H,2,5-6,9-13H2,1H3,(H,23,26)/t15-/m0/s1. The SMILES string of the molecule is COc1ccccc1NC(=O)[C@H]1CCc2nc(N3CCCCC3)ncc2C1. The molecule has 142 valence electrons. The van der Waals surface area contributed by atoms with Gasteiger partial charge in [0, 0.05) is 30.9 Å². The van der Waals surface area contributed by atoms with E-state index in [-0.39, 0.29) is 11.8 Å². The maximum atomic E-state index is 12.7. The monoisotopic (exact) mass is 366 g/mol. The van der Waals surface area contributed by atoms with Crippen LogP contribution in [-0.2, 0) is 17.6 Å². The minimum Gasteiger partial charge on any atom is -0.495 e. The summed E-state index contributed by atoms with van der Waals surface area (Å²) in [7, 11) is 1.61. The Balaban J connectivity index is 1.44. The Bertz CT molecular complexity index is 818. The maximum Gasteiger partial charge on any atom is 0.227 e. The van der Waals surface area contributed by atoms with Crippen molar-refractivity contribution in [2.24, 2.45) is 5.92 Å². The topological polar surface area (TPSA) is 67.3 Å². The van der Waals surface area contributed by atoms with Crippen LogP contribution in [0, 0.1) is 5.92 Å². The zero-order valence-electron chi connectivity index (χ0n) is 15.8. The number of ether oxygens (including phenoxy) is 1. The summed E-state index contributed by atoms with van der Waals surface area (Å²) in [6.07, 6.45) is 7.97. The van der Waals surface area contributed by atoms with Crippen LogP contribution in [0.3, 0.4) is 0 Å². The van der Waals surface area contributed by atoms with Crippen molar-refractivity contribution in [3.8, 4) is 5.75 Å². The number of nitrogens with zero attached hydrogens (tertiary/aromatic N) is 3. The van der Waals surface area contributed by atoms with Gasteiger partial charge in [0.05, 0.1) is 12.8 Å². The highest BCUT2D eigenvalue weighted by atomic mass is 16.5. The zero-order chi connectivity index (χ0) is 18.6. The summed E-state index contributed by atoms with van der Waals surface area (Å²) in [5.74, 6) is 1.50. The third-order valence-electron chi connectivity index (χ3n) is 5.51. The Hall–Kier alpha value is -2.63. The predicted octanol–water partition coefficient (Wildman–Crippen LogP) is 3.22. The number of nitrogens with one attached hydrogen (secondary N) is 1. The second-order valence-corrected chi connectivity index (χ2v) is 7.32. The fraction of sp³-hybridized carbons (Fsp3) is 0.476. The zero-order valence-corrected chi connectivity index (χ0v) is 15.8. The minimum absolute atomic E-state index is 0.0326. The summed E-state index contributed by atoms with van der Waals surface area (Å²) in [6, 6.07) is 7.50. The number of carbonyl (C=O) groups excluding carboxylic acids is 1. The van der Waals surface area contributed by atoms with E-state index in [9.17, 15) is 4.79 Å². The van der Waals surface area contributed by atoms with E-state index in [1.54, 1.807) is 7.11 Å². The average molecular weight is 366 g/mol. The van der Waals surface area contributed by atoms with Gasteiger partial charge in [-0.25, -0.2) is 9.97 Å². The molecule has 1 amide bonds. The van der Waals surface area contributed by atoms with Crippen molar-refractivity contribution in [3.63, 3.8) is 0 Å². The smallest absolute Gasteiger partial charge is 0.227 e. The number of amides is 1. The molecule has 1 N–H and O–H groups in total. The molecule has 6 nitrogen and oxygen atoms in total. The first-order valence-corrected chi connectivity index (χ1v) is 9.78. The van der Waals surface area contributed by atoms with Crippen LogP contribution in [0.1, 0.15) is 36.9 Å². The van der Waals surface area contributed by atoms with Crippen LogP contribution < -0.4 is 15.0 Å². The van der Waals surface area contributed by atoms with Crippen LogP contribution in [0.15, 0.2) is 30.5 Å². The van der Waals surface area contributed by atoms with Crippen molar-refractivity contribution < 1.29 is 9.53 Å². The normalized spacial score (nSPS) is 19.3. The molecule has 2 aromatic rings. The first-order chi connectivity index (χ1) is 13.2. The Morgan fingerprint density at radius 2 is 2.04 bits per heavy atom. The van der Waals surface area contributed by atoms with Crippen molar-refractivity contribution in [1.82, 2.24) is 9.97 Å². The van der Waals surface area contributed by atoms with Crippen molar-refractivity contribution in [2.75, 3.05) is 30.4 Å². The first kappa shape index (κ1) is 17.8. The Morgan fingerprint density at radius 1 is 1.22 bits per heavy atom. The molecule has 0 radical (unpaired) electrons. The molecular formula is C21H26N4O2. The fourth-order valence-electron chi connectivity index (χ4n) is 3.95. The fourth-order valence-corrected chi connectivity index (χ4v) is 3.95. The van der Waals surface area contributed by atoms with E-state index >= 15 is 0 Å². The molecule has 0 spiro atoms. The highest BCUT2D eigenvalue weighted by Gasteiger charge is 2.27. The van der Waals surface area contributed by atoms with Crippen LogP contribution >= 0.6 is 0 Å². The summed E-state index contributed by atoms with van der Waals surface area (Å²) >= 11 is 0. The van der Waals surface area contributed by atoms with E-state index in [1.807, 2.05) is 30.5 Å². The molecule has 0 unspecified atom stereocenters. The molecule has 2 aliphatic rings. The Morgan fingerprint density at radius 3 is 2.85 bits per heavy atom. The number of para-hydroxylation sites is 2. The molecule has 1 aliphatic carbocycles. The third-order valence-corrected chi connectivity index (χ3v) is 5.51. The molecule has 0 bridgehead atoms. The lowest BCUT2D eigenvalue weighted by atomic mass is 9.86. The summed E-state index contributed by atoms with van der Waals surface area (Å²) in [5, 5.41) is 3.01. The van der Waals surface area contributed by atoms with Gasteiger partial charge in [-0.1, -0.05) is 12.1 Å². The van der Waals surface area contributed by atoms with Crippen molar-refractivity contribution in [3.05, 3.63) is 41.7 Å². The molecule has 6 heteroatoms. The van der Waals surface area contributed by atoms with E-state index in [0.717, 1.165) is 43.1 Å². The molecule has 0 saturated carbocycles. The van der Waals surface area contributed by atoms with Gasteiger partial charge < -0.3 is 15.0 Å². The van der Waals surface area contributed by atoms with Crippen LogP contribution in [0.25, 0.3) is 0 Å². The molecule has 1 atom stereocenters. The molecular weight excluding hydrogens is 340 g/mol. The number of aryl methyl sites for hydroxylation is 1. The van der Waals surface area contributed by atoms with E-state index in [4.69, 9.17) is 9.72 Å². The number of rotatable bonds is 4. The number of anilines is 2. The van der Waals surface area contributed by atoms with Crippen LogP contribution in [0.5, 0.6) is 5.75 Å². The third kappa shape index (κ3) is 3.89. The second kappa shape index (κ2) is 7.94. The van der Waals surface area contributed by atoms with Gasteiger partial charge in [0.2, 0.25) is 11.9 Å². The Labute approximate surface area is 160 Å². The van der Waals surface area contributed by atoms with Gasteiger partial charge in [-0.2, -0.15) is 0 Å². The number of benzene rings is 1. The lowest BCUT2D eigenvalue weighted by Crippen LogP contribution is -2.32. The Kier molecular flexibility index (Phi) is 5.23. The van der Waals surface area contributed by atoms with E-state index in [2.05, 4.69) is 15.2 Å². The van der Waals surface area contributed by atoms with Gasteiger partial charge in [-0.15, -0.1) is 0 Å². The van der Waals surface area contributed by atoms with Gasteiger partial charge >= 0.3 is 0 Å². The summed E-state index contributed by atoms with van der Waals surface area (Å²) in [5.41, 5.74) is 2.92. The maximum absolute atomic E-state index is 12.7. The molecule has 27 heavy (non-hydrogen) atoms. The predicted molar refractivity (Wildman–Crippen MR) is 105 cm³/mol. The number of carbonyl (C=O) groups is 1. The van der Waals surface area contributed by atoms with E-state index in [0.29, 0.717) is 17.9 Å². The number of fused-ring (bicyclic) bond motifs is 1. The van der Waals surface area contributed by atoms with Crippen molar-refractivity contribution in [1.29, 1.82) is 0 Å². The summed E-state index contributed by atoms with van der Waals surface area (Å²) in [6.45, 7) is 2.09. The second-order valence-electron chi connectivity index (χ2n) is 7.32. The lowest BCUT2D eigenvalue weighted by Gasteiger charge is -2.28. The summed E-state index contributed by atoms with van der Waals surface area (Å²) < 4.78 is 5.32. The highest BCUT2D eigenvalue weighted by Crippen LogP contribution is 2.29. The van der Waals surface area contributed by atoms with Gasteiger partial charge in [-0.3, -0.25) is 4.79 Å². The number of aromatic nitrogens is 2. The first-order valence-electron chi connectivity index (χ1n) is 9.78. The quantitative estimate of drug-likeness (QED) is 0.900. The molecule has 1 fully saturated rings. The minimum atomic E-state index is -0.0631. The highest BCUT2D eigenvalue weighted by molar-refractivity contribution is 5.94. The largest absolute Gasteiger partial charge is 0.495 e. The molecule has 4 rings (SSSR count). The van der Waals surface area contributed by atoms with Gasteiger partial charge in [0.1, 0.15) is 5.75 Å². The summed E-state index contributed by atoms with van der Waals surface area (Å²) in [4.78, 5) is 24.4. The lowest BCUT2D eigenvalue weighted by molar-refractivity contribution is -0.120. The van der Waals surface area contributed by atoms with Gasteiger partial charge in [-0.05, 0) is 56.2 Å². The van der Waals surface area contributed by atoms with Crippen molar-refractivity contribution in [2.45, 2.75) is 38.5 Å². The molecule has 1 aromatic carbocycles. The molecule has 1 saturated heterocycles. The van der Waals surface area contributed by atoms with E-state index < -0.39 is 0 Å². The number of piperidine rings is 1. The average Bonchev–Trinajstić information content (AvgIpc) is 2.74. The number of methoxy groups -OCH3 is 1. The van der Waals surface area contributed by atoms with E-state index in [1.165, 1.54) is 19.3 Å². The van der Waals surface area contributed by atoms with Crippen LogP contribution in [0.4, 0.5) is 11.6 Å². The molecule has 2 heterocycles. The number of hydrogen-bond acceptors (Lipinski definition) is 5. The molecule has 1 aromatic heterocycles. The van der Waals surface area contributed by atoms with Crippen LogP contribution in [0.2, 0.25) is 0 Å². The van der Waals surface area contributed by atoms with Gasteiger partial charge in [0.25, 0.3) is 0 Å². The molecule has 1 aliphatic heterocycles. The number of hydrogen-bond donors (Lipinski definition) is 1. The van der Waals surface area contributed by atoms with Gasteiger partial charge in [0.15, 0.2) is 0 Å². The van der Waals surface area contributed by atoms with Crippen molar-refractivity contribution >= 4 is 17.5 Å².